The van der Waals surface area contributed by atoms with Gasteiger partial charge in [-0.3, -0.25) is 0 Å². The third-order valence-corrected chi connectivity index (χ3v) is 2.82. The van der Waals surface area contributed by atoms with E-state index in [1.807, 2.05) is 31.2 Å². The fourth-order valence-corrected chi connectivity index (χ4v) is 1.80. The first-order valence-corrected chi connectivity index (χ1v) is 7.26. The minimum absolute atomic E-state index is 0.530. The smallest absolute Gasteiger partial charge is 0.244 e. The van der Waals surface area contributed by atoms with Crippen LogP contribution in [0.2, 0.25) is 0 Å². The first kappa shape index (κ1) is 15.0. The maximum Gasteiger partial charge on any atom is 0.244 e. The van der Waals surface area contributed by atoms with Gasteiger partial charge >= 0.3 is 0 Å². The van der Waals surface area contributed by atoms with Gasteiger partial charge in [0.05, 0.1) is 18.5 Å². The van der Waals surface area contributed by atoms with Crippen molar-refractivity contribution in [3.05, 3.63) is 30.5 Å². The van der Waals surface area contributed by atoms with Crippen LogP contribution < -0.4 is 15.4 Å². The molecule has 0 saturated carbocycles. The summed E-state index contributed by atoms with van der Waals surface area (Å²) in [5.41, 5.74) is 0.861. The Morgan fingerprint density at radius 1 is 1.19 bits per heavy atom. The van der Waals surface area contributed by atoms with Crippen LogP contribution in [0, 0.1) is 0 Å². The van der Waals surface area contributed by atoms with Crippen LogP contribution in [-0.2, 0) is 0 Å². The van der Waals surface area contributed by atoms with Crippen LogP contribution in [0.3, 0.4) is 0 Å². The molecule has 2 aromatic rings. The van der Waals surface area contributed by atoms with Crippen molar-refractivity contribution < 1.29 is 4.74 Å². The molecule has 1 aromatic heterocycles. The second-order valence-corrected chi connectivity index (χ2v) is 4.50. The van der Waals surface area contributed by atoms with Crippen LogP contribution in [0.1, 0.15) is 26.7 Å². The van der Waals surface area contributed by atoms with E-state index in [1.54, 1.807) is 6.20 Å². The SMILES string of the molecule is CCCCNc1nncc(Nc2ccccc2OCC)n1. The van der Waals surface area contributed by atoms with E-state index in [2.05, 4.69) is 32.7 Å². The van der Waals surface area contributed by atoms with E-state index >= 15 is 0 Å². The van der Waals surface area contributed by atoms with Gasteiger partial charge in [-0.2, -0.15) is 10.1 Å². The number of hydrogen-bond donors (Lipinski definition) is 2. The average molecular weight is 287 g/mol. The molecule has 21 heavy (non-hydrogen) atoms. The molecule has 0 spiro atoms. The summed E-state index contributed by atoms with van der Waals surface area (Å²) >= 11 is 0. The Hall–Kier alpha value is -2.37. The van der Waals surface area contributed by atoms with Gasteiger partial charge in [0.2, 0.25) is 5.95 Å². The minimum Gasteiger partial charge on any atom is -0.492 e. The summed E-state index contributed by atoms with van der Waals surface area (Å²) < 4.78 is 5.58. The molecule has 6 nitrogen and oxygen atoms in total. The standard InChI is InChI=1S/C15H21N5O/c1-3-5-10-16-15-19-14(11-17-20-15)18-12-8-6-7-9-13(12)21-4-2/h6-9,11H,3-5,10H2,1-2H3,(H2,16,18,19,20). The van der Waals surface area contributed by atoms with Gasteiger partial charge in [-0.25, -0.2) is 0 Å². The molecule has 6 heteroatoms. The van der Waals surface area contributed by atoms with E-state index in [0.29, 0.717) is 18.4 Å². The maximum atomic E-state index is 5.58. The highest BCUT2D eigenvalue weighted by molar-refractivity contribution is 5.63. The fraction of sp³-hybridized carbons (Fsp3) is 0.400. The van der Waals surface area contributed by atoms with Gasteiger partial charge < -0.3 is 15.4 Å². The summed E-state index contributed by atoms with van der Waals surface area (Å²) in [5.74, 6) is 1.96. The maximum absolute atomic E-state index is 5.58. The average Bonchev–Trinajstić information content (AvgIpc) is 2.50. The predicted octanol–water partition coefficient (Wildman–Crippen LogP) is 3.23. The second kappa shape index (κ2) is 8.04. The number of nitrogens with one attached hydrogen (secondary N) is 2. The number of unbranched alkanes of at least 4 members (excludes halogenated alkanes) is 1. The zero-order chi connectivity index (χ0) is 14.9. The topological polar surface area (TPSA) is 72.0 Å². The van der Waals surface area contributed by atoms with Crippen molar-refractivity contribution in [2.45, 2.75) is 26.7 Å². The van der Waals surface area contributed by atoms with Crippen molar-refractivity contribution in [2.75, 3.05) is 23.8 Å². The molecule has 112 valence electrons. The Labute approximate surface area is 125 Å². The Morgan fingerprint density at radius 2 is 2.05 bits per heavy atom. The van der Waals surface area contributed by atoms with Gasteiger partial charge in [0.25, 0.3) is 0 Å². The third-order valence-electron chi connectivity index (χ3n) is 2.82. The van der Waals surface area contributed by atoms with Gasteiger partial charge in [-0.15, -0.1) is 5.10 Å². The Balaban J connectivity index is 2.07. The molecule has 0 bridgehead atoms. The molecule has 0 aliphatic rings. The lowest BCUT2D eigenvalue weighted by atomic mass is 10.3. The Kier molecular flexibility index (Phi) is 5.75. The third kappa shape index (κ3) is 4.59. The molecule has 0 fully saturated rings. The number of benzene rings is 1. The van der Waals surface area contributed by atoms with Crippen molar-refractivity contribution in [1.29, 1.82) is 0 Å². The van der Waals surface area contributed by atoms with Gasteiger partial charge in [0.1, 0.15) is 5.75 Å². The first-order valence-electron chi connectivity index (χ1n) is 7.26. The molecule has 0 amide bonds. The van der Waals surface area contributed by atoms with Crippen LogP contribution in [0.5, 0.6) is 5.75 Å². The van der Waals surface area contributed by atoms with E-state index in [4.69, 9.17) is 4.74 Å². The molecule has 1 heterocycles. The van der Waals surface area contributed by atoms with Crippen LogP contribution in [-0.4, -0.2) is 28.3 Å². The number of nitrogens with zero attached hydrogens (tertiary/aromatic N) is 3. The predicted molar refractivity (Wildman–Crippen MR) is 84.1 cm³/mol. The molecular formula is C15H21N5O. The molecule has 0 saturated heterocycles. The van der Waals surface area contributed by atoms with Crippen molar-refractivity contribution >= 4 is 17.5 Å². The molecule has 2 N–H and O–H groups in total. The van der Waals surface area contributed by atoms with E-state index in [9.17, 15) is 0 Å². The molecule has 0 aliphatic carbocycles. The van der Waals surface area contributed by atoms with Gasteiger partial charge in [-0.1, -0.05) is 25.5 Å². The second-order valence-electron chi connectivity index (χ2n) is 4.50. The summed E-state index contributed by atoms with van der Waals surface area (Å²) in [6.45, 7) is 5.56. The lowest BCUT2D eigenvalue weighted by molar-refractivity contribution is 0.342. The fourth-order valence-electron chi connectivity index (χ4n) is 1.80. The first-order chi connectivity index (χ1) is 10.3. The number of anilines is 3. The van der Waals surface area contributed by atoms with E-state index in [1.165, 1.54) is 0 Å². The summed E-state index contributed by atoms with van der Waals surface area (Å²) in [6.07, 6.45) is 3.79. The van der Waals surface area contributed by atoms with E-state index in [-0.39, 0.29) is 0 Å². The van der Waals surface area contributed by atoms with E-state index < -0.39 is 0 Å². The number of ether oxygens (including phenoxy) is 1. The lowest BCUT2D eigenvalue weighted by Gasteiger charge is -2.11. The Morgan fingerprint density at radius 3 is 2.86 bits per heavy atom. The van der Waals surface area contributed by atoms with Crippen molar-refractivity contribution in [2.24, 2.45) is 0 Å². The highest BCUT2D eigenvalue weighted by Gasteiger charge is 2.05. The highest BCUT2D eigenvalue weighted by Crippen LogP contribution is 2.26. The summed E-state index contributed by atoms with van der Waals surface area (Å²) in [4.78, 5) is 4.39. The zero-order valence-corrected chi connectivity index (χ0v) is 12.5. The summed E-state index contributed by atoms with van der Waals surface area (Å²) in [6, 6.07) is 7.74. The summed E-state index contributed by atoms with van der Waals surface area (Å²) in [5, 5.41) is 14.3. The molecule has 2 rings (SSSR count). The quantitative estimate of drug-likeness (QED) is 0.726. The number of aromatic nitrogens is 3. The molecule has 1 aromatic carbocycles. The molecule has 0 unspecified atom stereocenters. The molecule has 0 aliphatic heterocycles. The minimum atomic E-state index is 0.530. The van der Waals surface area contributed by atoms with Gasteiger partial charge in [0.15, 0.2) is 5.82 Å². The molecule has 0 atom stereocenters. The van der Waals surface area contributed by atoms with Crippen LogP contribution in [0.15, 0.2) is 30.5 Å². The van der Waals surface area contributed by atoms with Crippen molar-refractivity contribution in [3.8, 4) is 5.75 Å². The number of para-hydroxylation sites is 2. The largest absolute Gasteiger partial charge is 0.492 e. The van der Waals surface area contributed by atoms with E-state index in [0.717, 1.165) is 30.8 Å². The molecule has 0 radical (unpaired) electrons. The number of hydrogen-bond acceptors (Lipinski definition) is 6. The lowest BCUT2D eigenvalue weighted by Crippen LogP contribution is -2.07. The Bertz CT molecular complexity index is 561. The highest BCUT2D eigenvalue weighted by atomic mass is 16.5. The summed E-state index contributed by atoms with van der Waals surface area (Å²) in [7, 11) is 0. The van der Waals surface area contributed by atoms with Crippen LogP contribution in [0.25, 0.3) is 0 Å². The zero-order valence-electron chi connectivity index (χ0n) is 12.5. The van der Waals surface area contributed by atoms with Crippen LogP contribution >= 0.6 is 0 Å². The monoisotopic (exact) mass is 287 g/mol. The van der Waals surface area contributed by atoms with Gasteiger partial charge in [0, 0.05) is 6.54 Å². The normalized spacial score (nSPS) is 10.2. The van der Waals surface area contributed by atoms with Crippen molar-refractivity contribution in [3.63, 3.8) is 0 Å². The van der Waals surface area contributed by atoms with Gasteiger partial charge in [-0.05, 0) is 25.5 Å². The molecular weight excluding hydrogens is 266 g/mol. The number of rotatable bonds is 8. The van der Waals surface area contributed by atoms with Crippen molar-refractivity contribution in [1.82, 2.24) is 15.2 Å². The van der Waals surface area contributed by atoms with Crippen LogP contribution in [0.4, 0.5) is 17.5 Å².